The van der Waals surface area contributed by atoms with Crippen LogP contribution in [0.15, 0.2) is 24.3 Å². The highest BCUT2D eigenvalue weighted by atomic mass is 16.2. The Morgan fingerprint density at radius 2 is 1.73 bits per heavy atom. The Kier molecular flexibility index (Phi) is 8.10. The van der Waals surface area contributed by atoms with Crippen molar-refractivity contribution in [2.45, 2.75) is 40.0 Å². The smallest absolute Gasteiger partial charge is 0.253 e. The van der Waals surface area contributed by atoms with Gasteiger partial charge in [-0.2, -0.15) is 0 Å². The maximum absolute atomic E-state index is 12.5. The maximum Gasteiger partial charge on any atom is 0.253 e. The molecule has 1 aromatic carbocycles. The molecule has 1 saturated heterocycles. The summed E-state index contributed by atoms with van der Waals surface area (Å²) in [5.74, 6) is 0.623. The summed E-state index contributed by atoms with van der Waals surface area (Å²) in [5.41, 5.74) is 1.91. The molecular formula is C21H33N3O2. The van der Waals surface area contributed by atoms with Gasteiger partial charge in [0.1, 0.15) is 0 Å². The van der Waals surface area contributed by atoms with Gasteiger partial charge in [-0.15, -0.1) is 0 Å². The number of likely N-dealkylation sites (tertiary alicyclic amines) is 1. The second-order valence-corrected chi connectivity index (χ2v) is 7.18. The minimum Gasteiger partial charge on any atom is -0.355 e. The van der Waals surface area contributed by atoms with Gasteiger partial charge < -0.3 is 15.1 Å². The number of hydrogen-bond donors (Lipinski definition) is 1. The van der Waals surface area contributed by atoms with Crippen LogP contribution in [0.5, 0.6) is 0 Å². The zero-order chi connectivity index (χ0) is 18.9. The van der Waals surface area contributed by atoms with Crippen LogP contribution in [0.25, 0.3) is 0 Å². The van der Waals surface area contributed by atoms with Gasteiger partial charge in [0.2, 0.25) is 5.91 Å². The van der Waals surface area contributed by atoms with E-state index in [0.29, 0.717) is 18.9 Å². The molecule has 1 aliphatic heterocycles. The molecule has 1 heterocycles. The summed E-state index contributed by atoms with van der Waals surface area (Å²) in [6, 6.07) is 7.74. The molecule has 2 rings (SSSR count). The van der Waals surface area contributed by atoms with Gasteiger partial charge in [-0.05, 0) is 50.9 Å². The van der Waals surface area contributed by atoms with E-state index in [-0.39, 0.29) is 11.8 Å². The van der Waals surface area contributed by atoms with Gasteiger partial charge in [-0.1, -0.05) is 31.5 Å². The summed E-state index contributed by atoms with van der Waals surface area (Å²) >= 11 is 0. The molecule has 1 fully saturated rings. The Hall–Kier alpha value is -1.88. The summed E-state index contributed by atoms with van der Waals surface area (Å²) in [7, 11) is 0. The first-order valence-electron chi connectivity index (χ1n) is 9.88. The van der Waals surface area contributed by atoms with E-state index in [1.165, 1.54) is 0 Å². The number of nitrogens with zero attached hydrogens (tertiary/aromatic N) is 2. The highest BCUT2D eigenvalue weighted by Crippen LogP contribution is 2.22. The van der Waals surface area contributed by atoms with E-state index in [0.717, 1.165) is 56.7 Å². The number of nitrogens with one attached hydrogen (secondary N) is 1. The third-order valence-corrected chi connectivity index (χ3v) is 5.32. The maximum atomic E-state index is 12.5. The van der Waals surface area contributed by atoms with Crippen molar-refractivity contribution in [1.29, 1.82) is 0 Å². The summed E-state index contributed by atoms with van der Waals surface area (Å²) in [6.07, 6.45) is 2.38. The SMILES string of the molecule is CCN(CC)CCNC(=O)CC1CCN(C(=O)c2ccc(C)cc2)CC1. The zero-order valence-corrected chi connectivity index (χ0v) is 16.5. The van der Waals surface area contributed by atoms with E-state index in [4.69, 9.17) is 0 Å². The largest absolute Gasteiger partial charge is 0.355 e. The minimum atomic E-state index is 0.104. The topological polar surface area (TPSA) is 52.7 Å². The normalized spacial score (nSPS) is 15.3. The molecule has 1 aliphatic rings. The van der Waals surface area contributed by atoms with E-state index in [2.05, 4.69) is 24.1 Å². The second kappa shape index (κ2) is 10.3. The Labute approximate surface area is 157 Å². The number of aryl methyl sites for hydroxylation is 1. The van der Waals surface area contributed by atoms with Crippen LogP contribution in [0, 0.1) is 12.8 Å². The van der Waals surface area contributed by atoms with Crippen LogP contribution in [0.1, 0.15) is 49.0 Å². The fourth-order valence-corrected chi connectivity index (χ4v) is 3.45. The van der Waals surface area contributed by atoms with Gasteiger partial charge in [0.05, 0.1) is 0 Å². The van der Waals surface area contributed by atoms with Crippen LogP contribution in [0.3, 0.4) is 0 Å². The van der Waals surface area contributed by atoms with Crippen molar-refractivity contribution < 1.29 is 9.59 Å². The van der Waals surface area contributed by atoms with Crippen LogP contribution in [0.4, 0.5) is 0 Å². The molecular weight excluding hydrogens is 326 g/mol. The van der Waals surface area contributed by atoms with E-state index < -0.39 is 0 Å². The Balaban J connectivity index is 1.70. The van der Waals surface area contributed by atoms with Crippen molar-refractivity contribution in [3.8, 4) is 0 Å². The predicted octanol–water partition coefficient (Wildman–Crippen LogP) is 2.70. The van der Waals surface area contributed by atoms with Crippen LogP contribution < -0.4 is 5.32 Å². The monoisotopic (exact) mass is 359 g/mol. The Morgan fingerprint density at radius 1 is 1.12 bits per heavy atom. The van der Waals surface area contributed by atoms with Gasteiger partial charge in [-0.3, -0.25) is 9.59 Å². The van der Waals surface area contributed by atoms with Gasteiger partial charge in [0.25, 0.3) is 5.91 Å². The highest BCUT2D eigenvalue weighted by molar-refractivity contribution is 5.94. The number of amides is 2. The lowest BCUT2D eigenvalue weighted by Gasteiger charge is -2.32. The summed E-state index contributed by atoms with van der Waals surface area (Å²) < 4.78 is 0. The molecule has 0 spiro atoms. The first-order valence-corrected chi connectivity index (χ1v) is 9.88. The average molecular weight is 360 g/mol. The Morgan fingerprint density at radius 3 is 2.31 bits per heavy atom. The number of piperidine rings is 1. The Bertz CT molecular complexity index is 573. The molecule has 0 saturated carbocycles. The van der Waals surface area contributed by atoms with Gasteiger partial charge >= 0.3 is 0 Å². The molecule has 0 aliphatic carbocycles. The van der Waals surface area contributed by atoms with Crippen LogP contribution in [0.2, 0.25) is 0 Å². The van der Waals surface area contributed by atoms with E-state index in [1.54, 1.807) is 0 Å². The molecule has 26 heavy (non-hydrogen) atoms. The van der Waals surface area contributed by atoms with Crippen molar-refractivity contribution in [1.82, 2.24) is 15.1 Å². The molecule has 2 amide bonds. The number of likely N-dealkylation sites (N-methyl/N-ethyl adjacent to an activating group) is 1. The summed E-state index contributed by atoms with van der Waals surface area (Å²) in [4.78, 5) is 28.9. The molecule has 0 radical (unpaired) electrons. The highest BCUT2D eigenvalue weighted by Gasteiger charge is 2.25. The standard InChI is InChI=1S/C21H33N3O2/c1-4-23(5-2)15-12-22-20(25)16-18-10-13-24(14-11-18)21(26)19-8-6-17(3)7-9-19/h6-9,18H,4-5,10-16H2,1-3H3,(H,22,25). The molecule has 1 N–H and O–H groups in total. The van der Waals surface area contributed by atoms with Crippen LogP contribution >= 0.6 is 0 Å². The van der Waals surface area contributed by atoms with Crippen molar-refractivity contribution in [3.63, 3.8) is 0 Å². The fourth-order valence-electron chi connectivity index (χ4n) is 3.45. The van der Waals surface area contributed by atoms with Crippen molar-refractivity contribution in [2.75, 3.05) is 39.3 Å². The molecule has 0 aromatic heterocycles. The van der Waals surface area contributed by atoms with Gasteiger partial charge in [0.15, 0.2) is 0 Å². The van der Waals surface area contributed by atoms with Gasteiger partial charge in [-0.25, -0.2) is 0 Å². The summed E-state index contributed by atoms with van der Waals surface area (Å²) in [5, 5.41) is 3.03. The van der Waals surface area contributed by atoms with E-state index in [9.17, 15) is 9.59 Å². The number of benzene rings is 1. The molecule has 5 heteroatoms. The average Bonchev–Trinajstić information content (AvgIpc) is 2.66. The lowest BCUT2D eigenvalue weighted by molar-refractivity contribution is -0.122. The van der Waals surface area contributed by atoms with Gasteiger partial charge in [0, 0.05) is 38.2 Å². The molecule has 0 bridgehead atoms. The van der Waals surface area contributed by atoms with Crippen LogP contribution in [-0.4, -0.2) is 60.9 Å². The lowest BCUT2D eigenvalue weighted by Crippen LogP contribution is -2.40. The van der Waals surface area contributed by atoms with E-state index in [1.807, 2.05) is 36.1 Å². The molecule has 5 nitrogen and oxygen atoms in total. The molecule has 0 atom stereocenters. The van der Waals surface area contributed by atoms with Crippen molar-refractivity contribution in [2.24, 2.45) is 5.92 Å². The minimum absolute atomic E-state index is 0.104. The number of rotatable bonds is 8. The van der Waals surface area contributed by atoms with Crippen LogP contribution in [-0.2, 0) is 4.79 Å². The molecule has 1 aromatic rings. The number of carbonyl (C=O) groups excluding carboxylic acids is 2. The first-order chi connectivity index (χ1) is 12.5. The van der Waals surface area contributed by atoms with E-state index >= 15 is 0 Å². The predicted molar refractivity (Wildman–Crippen MR) is 105 cm³/mol. The van der Waals surface area contributed by atoms with Crippen molar-refractivity contribution >= 4 is 11.8 Å². The third-order valence-electron chi connectivity index (χ3n) is 5.32. The third kappa shape index (κ3) is 6.13. The fraction of sp³-hybridized carbons (Fsp3) is 0.619. The first kappa shape index (κ1) is 20.4. The molecule has 0 unspecified atom stereocenters. The van der Waals surface area contributed by atoms with Crippen molar-refractivity contribution in [3.05, 3.63) is 35.4 Å². The summed E-state index contributed by atoms with van der Waals surface area (Å²) in [6.45, 7) is 11.4. The number of carbonyl (C=O) groups is 2. The second-order valence-electron chi connectivity index (χ2n) is 7.18. The quantitative estimate of drug-likeness (QED) is 0.776. The molecule has 144 valence electrons. The zero-order valence-electron chi connectivity index (χ0n) is 16.5. The lowest BCUT2D eigenvalue weighted by atomic mass is 9.93. The number of hydrogen-bond acceptors (Lipinski definition) is 3.